The molecule has 0 bridgehead atoms. The summed E-state index contributed by atoms with van der Waals surface area (Å²) in [6, 6.07) is 16.8. The molecule has 7 nitrogen and oxygen atoms in total. The Morgan fingerprint density at radius 1 is 1.10 bits per heavy atom. The van der Waals surface area contributed by atoms with E-state index in [1.54, 1.807) is 12.5 Å². The van der Waals surface area contributed by atoms with Gasteiger partial charge in [0.15, 0.2) is 11.0 Å². The van der Waals surface area contributed by atoms with Gasteiger partial charge in [0, 0.05) is 10.7 Å². The number of rotatable bonds is 7. The lowest BCUT2D eigenvalue weighted by Crippen LogP contribution is -2.15. The van der Waals surface area contributed by atoms with Gasteiger partial charge in [-0.05, 0) is 52.3 Å². The van der Waals surface area contributed by atoms with Crippen molar-refractivity contribution in [2.24, 2.45) is 0 Å². The summed E-state index contributed by atoms with van der Waals surface area (Å²) in [5.74, 6) is 1.45. The van der Waals surface area contributed by atoms with Crippen molar-refractivity contribution in [1.82, 2.24) is 19.7 Å². The first-order valence-electron chi connectivity index (χ1n) is 8.75. The first-order chi connectivity index (χ1) is 14.2. The number of aromatic nitrogens is 4. The van der Waals surface area contributed by atoms with Crippen molar-refractivity contribution >= 4 is 39.3 Å². The van der Waals surface area contributed by atoms with Crippen molar-refractivity contribution in [2.45, 2.75) is 11.7 Å². The third-order valence-electron chi connectivity index (χ3n) is 3.99. The van der Waals surface area contributed by atoms with Crippen LogP contribution in [-0.4, -0.2) is 31.4 Å². The SMILES string of the molecule is O=C(CSc1nnc(-c2ccccn2)n1Cc1ccco1)Nc1ccccc1Br. The van der Waals surface area contributed by atoms with Crippen LogP contribution in [-0.2, 0) is 11.3 Å². The number of thioether (sulfide) groups is 1. The van der Waals surface area contributed by atoms with Crippen molar-refractivity contribution in [3.05, 3.63) is 77.3 Å². The van der Waals surface area contributed by atoms with Gasteiger partial charge in [-0.3, -0.25) is 14.3 Å². The lowest BCUT2D eigenvalue weighted by atomic mass is 10.3. The van der Waals surface area contributed by atoms with E-state index in [4.69, 9.17) is 4.42 Å². The van der Waals surface area contributed by atoms with Crippen LogP contribution >= 0.6 is 27.7 Å². The molecule has 0 aliphatic rings. The molecule has 9 heteroatoms. The molecule has 0 saturated heterocycles. The number of nitrogens with one attached hydrogen (secondary N) is 1. The molecule has 0 aliphatic carbocycles. The molecule has 146 valence electrons. The Hall–Kier alpha value is -2.91. The van der Waals surface area contributed by atoms with Gasteiger partial charge < -0.3 is 9.73 Å². The van der Waals surface area contributed by atoms with Crippen molar-refractivity contribution in [3.8, 4) is 11.5 Å². The Balaban J connectivity index is 1.53. The molecular formula is C20H16BrN5O2S. The number of nitrogens with zero attached hydrogens (tertiary/aromatic N) is 4. The highest BCUT2D eigenvalue weighted by molar-refractivity contribution is 9.10. The van der Waals surface area contributed by atoms with E-state index in [2.05, 4.69) is 36.4 Å². The van der Waals surface area contributed by atoms with Gasteiger partial charge >= 0.3 is 0 Å². The fourth-order valence-corrected chi connectivity index (χ4v) is 3.78. The number of hydrogen-bond acceptors (Lipinski definition) is 6. The van der Waals surface area contributed by atoms with E-state index in [1.165, 1.54) is 11.8 Å². The van der Waals surface area contributed by atoms with E-state index < -0.39 is 0 Å². The number of carbonyl (C=O) groups excluding carboxylic acids is 1. The standard InChI is InChI=1S/C20H16BrN5O2S/c21-15-7-1-2-8-16(15)23-18(27)13-29-20-25-24-19(17-9-3-4-10-22-17)26(20)12-14-6-5-11-28-14/h1-11H,12-13H2,(H,23,27). The molecule has 4 aromatic rings. The molecule has 0 aliphatic heterocycles. The highest BCUT2D eigenvalue weighted by atomic mass is 79.9. The molecule has 1 amide bonds. The Morgan fingerprint density at radius 3 is 2.72 bits per heavy atom. The van der Waals surface area contributed by atoms with E-state index in [-0.39, 0.29) is 11.7 Å². The molecule has 0 atom stereocenters. The zero-order valence-corrected chi connectivity index (χ0v) is 17.6. The average Bonchev–Trinajstić information content (AvgIpc) is 3.39. The Kier molecular flexibility index (Phi) is 6.06. The van der Waals surface area contributed by atoms with Gasteiger partial charge in [0.2, 0.25) is 5.91 Å². The monoisotopic (exact) mass is 469 g/mol. The summed E-state index contributed by atoms with van der Waals surface area (Å²) in [6.45, 7) is 0.445. The highest BCUT2D eigenvalue weighted by Crippen LogP contribution is 2.25. The molecule has 1 aromatic carbocycles. The largest absolute Gasteiger partial charge is 0.467 e. The molecule has 0 saturated carbocycles. The number of carbonyl (C=O) groups is 1. The lowest BCUT2D eigenvalue weighted by Gasteiger charge is -2.09. The minimum atomic E-state index is -0.131. The average molecular weight is 470 g/mol. The second-order valence-electron chi connectivity index (χ2n) is 6.00. The van der Waals surface area contributed by atoms with Crippen LogP contribution in [0, 0.1) is 0 Å². The summed E-state index contributed by atoms with van der Waals surface area (Å²) >= 11 is 4.74. The molecule has 0 radical (unpaired) electrons. The van der Waals surface area contributed by atoms with Crippen LogP contribution in [0.25, 0.3) is 11.5 Å². The number of benzene rings is 1. The van der Waals surface area contributed by atoms with Crippen LogP contribution in [0.2, 0.25) is 0 Å². The molecule has 29 heavy (non-hydrogen) atoms. The fourth-order valence-electron chi connectivity index (χ4n) is 2.66. The minimum Gasteiger partial charge on any atom is -0.467 e. The summed E-state index contributed by atoms with van der Waals surface area (Å²) in [4.78, 5) is 16.8. The quantitative estimate of drug-likeness (QED) is 0.401. The lowest BCUT2D eigenvalue weighted by molar-refractivity contribution is -0.113. The normalized spacial score (nSPS) is 10.8. The van der Waals surface area contributed by atoms with Gasteiger partial charge in [0.05, 0.1) is 24.2 Å². The molecule has 0 fully saturated rings. The predicted molar refractivity (Wildman–Crippen MR) is 115 cm³/mol. The van der Waals surface area contributed by atoms with Crippen molar-refractivity contribution < 1.29 is 9.21 Å². The maximum Gasteiger partial charge on any atom is 0.234 e. The molecule has 0 unspecified atom stereocenters. The van der Waals surface area contributed by atoms with Crippen LogP contribution in [0.15, 0.2) is 81.1 Å². The number of pyridine rings is 1. The van der Waals surface area contributed by atoms with Crippen LogP contribution in [0.3, 0.4) is 0 Å². The summed E-state index contributed by atoms with van der Waals surface area (Å²) in [5, 5.41) is 12.1. The number of anilines is 1. The fraction of sp³-hybridized carbons (Fsp3) is 0.100. The van der Waals surface area contributed by atoms with Crippen LogP contribution in [0.4, 0.5) is 5.69 Å². The highest BCUT2D eigenvalue weighted by Gasteiger charge is 2.18. The van der Waals surface area contributed by atoms with Gasteiger partial charge in [-0.2, -0.15) is 0 Å². The summed E-state index contributed by atoms with van der Waals surface area (Å²) in [6.07, 6.45) is 3.33. The maximum atomic E-state index is 12.4. The molecule has 0 spiro atoms. The summed E-state index contributed by atoms with van der Waals surface area (Å²) < 4.78 is 8.21. The van der Waals surface area contributed by atoms with Crippen molar-refractivity contribution in [3.63, 3.8) is 0 Å². The molecular weight excluding hydrogens is 454 g/mol. The second-order valence-corrected chi connectivity index (χ2v) is 7.80. The van der Waals surface area contributed by atoms with E-state index in [9.17, 15) is 4.79 Å². The van der Waals surface area contributed by atoms with Crippen molar-refractivity contribution in [2.75, 3.05) is 11.1 Å². The number of halogens is 1. The van der Waals surface area contributed by atoms with E-state index >= 15 is 0 Å². The van der Waals surface area contributed by atoms with E-state index in [0.29, 0.717) is 23.2 Å². The number of hydrogen-bond donors (Lipinski definition) is 1. The maximum absolute atomic E-state index is 12.4. The smallest absolute Gasteiger partial charge is 0.234 e. The van der Waals surface area contributed by atoms with Crippen LogP contribution < -0.4 is 5.32 Å². The van der Waals surface area contributed by atoms with E-state index in [1.807, 2.05) is 59.2 Å². The number of furan rings is 1. The zero-order chi connectivity index (χ0) is 20.1. The molecule has 4 rings (SSSR count). The minimum absolute atomic E-state index is 0.131. The summed E-state index contributed by atoms with van der Waals surface area (Å²) in [5.41, 5.74) is 1.43. The van der Waals surface area contributed by atoms with Gasteiger partial charge in [-0.25, -0.2) is 0 Å². The predicted octanol–water partition coefficient (Wildman–Crippen LogP) is 4.47. The zero-order valence-electron chi connectivity index (χ0n) is 15.2. The number of para-hydroxylation sites is 1. The van der Waals surface area contributed by atoms with Gasteiger partial charge in [0.1, 0.15) is 11.5 Å². The van der Waals surface area contributed by atoms with Crippen LogP contribution in [0.5, 0.6) is 0 Å². The van der Waals surface area contributed by atoms with E-state index in [0.717, 1.165) is 15.9 Å². The topological polar surface area (TPSA) is 85.8 Å². The first kappa shape index (κ1) is 19.4. The Bertz CT molecular complexity index is 1100. The van der Waals surface area contributed by atoms with Gasteiger partial charge in [0.25, 0.3) is 0 Å². The first-order valence-corrected chi connectivity index (χ1v) is 10.5. The molecule has 1 N–H and O–H groups in total. The Labute approximate surface area is 179 Å². The summed E-state index contributed by atoms with van der Waals surface area (Å²) in [7, 11) is 0. The Morgan fingerprint density at radius 2 is 1.97 bits per heavy atom. The van der Waals surface area contributed by atoms with Crippen molar-refractivity contribution in [1.29, 1.82) is 0 Å². The third-order valence-corrected chi connectivity index (χ3v) is 5.64. The number of amides is 1. The molecule has 3 aromatic heterocycles. The third kappa shape index (κ3) is 4.75. The van der Waals surface area contributed by atoms with Gasteiger partial charge in [-0.1, -0.05) is 30.0 Å². The van der Waals surface area contributed by atoms with Gasteiger partial charge in [-0.15, -0.1) is 10.2 Å². The molecule has 3 heterocycles. The second kappa shape index (κ2) is 9.06. The van der Waals surface area contributed by atoms with Crippen LogP contribution in [0.1, 0.15) is 5.76 Å².